The normalized spacial score (nSPS) is 11.2. The van der Waals surface area contributed by atoms with Crippen LogP contribution in [0.5, 0.6) is 0 Å². The van der Waals surface area contributed by atoms with Gasteiger partial charge in [0.05, 0.1) is 6.54 Å². The van der Waals surface area contributed by atoms with Crippen molar-refractivity contribution in [2.75, 3.05) is 18.4 Å². The van der Waals surface area contributed by atoms with E-state index >= 15 is 0 Å². The van der Waals surface area contributed by atoms with Gasteiger partial charge < -0.3 is 16.0 Å². The summed E-state index contributed by atoms with van der Waals surface area (Å²) in [6.45, 7) is 5.88. The summed E-state index contributed by atoms with van der Waals surface area (Å²) in [5.41, 5.74) is 2.74. The smallest absolute Gasteiger partial charge is 0.224 e. The van der Waals surface area contributed by atoms with E-state index in [-0.39, 0.29) is 11.7 Å². The third kappa shape index (κ3) is 7.78. The second-order valence-electron chi connectivity index (χ2n) is 6.50. The maximum atomic E-state index is 13.3. The Hall–Kier alpha value is -2.89. The number of hydrogen-bond donors (Lipinski definition) is 3. The number of aliphatic imine (C=N–C) groups is 1. The van der Waals surface area contributed by atoms with Gasteiger partial charge in [0.25, 0.3) is 0 Å². The largest absolute Gasteiger partial charge is 0.357 e. The number of hydrogen-bond acceptors (Lipinski definition) is 2. The highest BCUT2D eigenvalue weighted by molar-refractivity contribution is 5.90. The van der Waals surface area contributed by atoms with Crippen molar-refractivity contribution in [2.45, 2.75) is 39.7 Å². The topological polar surface area (TPSA) is 65.5 Å². The molecular formula is C22H29FN4O. The van der Waals surface area contributed by atoms with Crippen LogP contribution >= 0.6 is 0 Å². The fourth-order valence-corrected chi connectivity index (χ4v) is 2.73. The van der Waals surface area contributed by atoms with Crippen molar-refractivity contribution in [3.63, 3.8) is 0 Å². The molecule has 2 rings (SSSR count). The van der Waals surface area contributed by atoms with Gasteiger partial charge in [0.1, 0.15) is 5.82 Å². The molecule has 0 bridgehead atoms. The van der Waals surface area contributed by atoms with Crippen molar-refractivity contribution in [1.82, 2.24) is 10.6 Å². The van der Waals surface area contributed by atoms with Crippen molar-refractivity contribution in [1.29, 1.82) is 0 Å². The molecule has 0 fully saturated rings. The number of carbonyl (C=O) groups is 1. The molecule has 0 radical (unpaired) electrons. The Balaban J connectivity index is 1.91. The van der Waals surface area contributed by atoms with E-state index in [9.17, 15) is 9.18 Å². The van der Waals surface area contributed by atoms with Gasteiger partial charge in [-0.25, -0.2) is 9.38 Å². The third-order valence-electron chi connectivity index (χ3n) is 4.05. The van der Waals surface area contributed by atoms with Gasteiger partial charge in [0.15, 0.2) is 5.96 Å². The molecule has 28 heavy (non-hydrogen) atoms. The summed E-state index contributed by atoms with van der Waals surface area (Å²) in [4.78, 5) is 16.3. The Bertz CT molecular complexity index is 792. The van der Waals surface area contributed by atoms with Crippen LogP contribution in [0.1, 0.15) is 37.8 Å². The van der Waals surface area contributed by atoms with Crippen molar-refractivity contribution in [2.24, 2.45) is 4.99 Å². The van der Waals surface area contributed by atoms with Gasteiger partial charge >= 0.3 is 0 Å². The highest BCUT2D eigenvalue weighted by atomic mass is 19.1. The summed E-state index contributed by atoms with van der Waals surface area (Å²) < 4.78 is 13.3. The molecule has 0 aliphatic carbocycles. The minimum atomic E-state index is -0.219. The summed E-state index contributed by atoms with van der Waals surface area (Å²) in [6.07, 6.45) is 2.05. The van der Waals surface area contributed by atoms with Crippen LogP contribution in [-0.4, -0.2) is 25.0 Å². The number of amides is 1. The highest BCUT2D eigenvalue weighted by Gasteiger charge is 2.03. The maximum Gasteiger partial charge on any atom is 0.224 e. The van der Waals surface area contributed by atoms with E-state index < -0.39 is 0 Å². The Morgan fingerprint density at radius 1 is 1.04 bits per heavy atom. The first-order valence-electron chi connectivity index (χ1n) is 9.76. The first-order valence-corrected chi connectivity index (χ1v) is 9.76. The number of guanidine groups is 1. The fraction of sp³-hybridized carbons (Fsp3) is 0.364. The van der Waals surface area contributed by atoms with E-state index in [1.807, 2.05) is 44.2 Å². The number of nitrogens with zero attached hydrogens (tertiary/aromatic N) is 1. The zero-order valence-electron chi connectivity index (χ0n) is 16.6. The van der Waals surface area contributed by atoms with E-state index in [1.165, 1.54) is 6.07 Å². The number of carbonyl (C=O) groups excluding carboxylic acids is 1. The van der Waals surface area contributed by atoms with Gasteiger partial charge in [-0.3, -0.25) is 4.79 Å². The lowest BCUT2D eigenvalue weighted by molar-refractivity contribution is -0.116. The molecule has 0 aliphatic heterocycles. The average molecular weight is 384 g/mol. The average Bonchev–Trinajstić information content (AvgIpc) is 2.66. The molecule has 150 valence electrons. The van der Waals surface area contributed by atoms with Crippen LogP contribution in [0.25, 0.3) is 0 Å². The Morgan fingerprint density at radius 2 is 1.82 bits per heavy atom. The molecule has 0 saturated heterocycles. The molecule has 0 unspecified atom stereocenters. The number of nitrogens with one attached hydrogen (secondary N) is 3. The summed E-state index contributed by atoms with van der Waals surface area (Å²) in [5, 5.41) is 9.38. The van der Waals surface area contributed by atoms with Crippen LogP contribution in [0.2, 0.25) is 0 Å². The van der Waals surface area contributed by atoms with E-state index in [4.69, 9.17) is 0 Å². The van der Waals surface area contributed by atoms with Gasteiger partial charge in [0.2, 0.25) is 5.91 Å². The van der Waals surface area contributed by atoms with Gasteiger partial charge in [-0.05, 0) is 55.2 Å². The highest BCUT2D eigenvalue weighted by Crippen LogP contribution is 2.12. The summed E-state index contributed by atoms with van der Waals surface area (Å²) in [7, 11) is 0. The first-order chi connectivity index (χ1) is 13.6. The van der Waals surface area contributed by atoms with Gasteiger partial charge in [-0.2, -0.15) is 0 Å². The third-order valence-corrected chi connectivity index (χ3v) is 4.05. The summed E-state index contributed by atoms with van der Waals surface area (Å²) in [5.74, 6) is 0.513. The Morgan fingerprint density at radius 3 is 2.57 bits per heavy atom. The predicted octanol–water partition coefficient (Wildman–Crippen LogP) is 3.86. The van der Waals surface area contributed by atoms with Crippen LogP contribution in [0.4, 0.5) is 10.1 Å². The molecule has 0 saturated carbocycles. The van der Waals surface area contributed by atoms with Gasteiger partial charge in [-0.1, -0.05) is 31.2 Å². The van der Waals surface area contributed by atoms with Crippen molar-refractivity contribution < 1.29 is 9.18 Å². The molecule has 0 aromatic heterocycles. The monoisotopic (exact) mass is 384 g/mol. The second-order valence-corrected chi connectivity index (χ2v) is 6.50. The zero-order chi connectivity index (χ0) is 20.2. The molecule has 2 aromatic carbocycles. The molecule has 2 aromatic rings. The number of rotatable bonds is 9. The number of halogens is 1. The van der Waals surface area contributed by atoms with Gasteiger partial charge in [0, 0.05) is 25.2 Å². The molecule has 1 amide bonds. The van der Waals surface area contributed by atoms with E-state index in [0.717, 1.165) is 29.8 Å². The minimum Gasteiger partial charge on any atom is -0.357 e. The molecular weight excluding hydrogens is 355 g/mol. The predicted molar refractivity (Wildman–Crippen MR) is 113 cm³/mol. The maximum absolute atomic E-state index is 13.3. The van der Waals surface area contributed by atoms with Crippen molar-refractivity contribution >= 4 is 17.6 Å². The van der Waals surface area contributed by atoms with Gasteiger partial charge in [-0.15, -0.1) is 0 Å². The second kappa shape index (κ2) is 11.7. The lowest BCUT2D eigenvalue weighted by atomic mass is 10.1. The van der Waals surface area contributed by atoms with Crippen molar-refractivity contribution in [3.8, 4) is 0 Å². The van der Waals surface area contributed by atoms with E-state index in [2.05, 4.69) is 20.9 Å². The first kappa shape index (κ1) is 21.4. The molecule has 0 atom stereocenters. The Labute approximate surface area is 166 Å². The van der Waals surface area contributed by atoms with Crippen LogP contribution in [-0.2, 0) is 17.8 Å². The van der Waals surface area contributed by atoms with Crippen LogP contribution in [0, 0.1) is 5.82 Å². The lowest BCUT2D eigenvalue weighted by Crippen LogP contribution is -2.38. The molecule has 0 heterocycles. The molecule has 0 aliphatic rings. The molecule has 6 heteroatoms. The quantitative estimate of drug-likeness (QED) is 0.454. The SMILES string of the molecule is CCCC(=O)Nc1cccc(CN=C(NCC)NCCc2cccc(F)c2)c1. The lowest BCUT2D eigenvalue weighted by Gasteiger charge is -2.12. The Kier molecular flexibility index (Phi) is 8.98. The fourth-order valence-electron chi connectivity index (χ4n) is 2.73. The number of benzene rings is 2. The molecule has 3 N–H and O–H groups in total. The van der Waals surface area contributed by atoms with E-state index in [0.29, 0.717) is 31.9 Å². The summed E-state index contributed by atoms with van der Waals surface area (Å²) >= 11 is 0. The molecule has 5 nitrogen and oxygen atoms in total. The van der Waals surface area contributed by atoms with E-state index in [1.54, 1.807) is 12.1 Å². The standard InChI is InChI=1S/C22H29FN4O/c1-3-7-21(28)27-20-11-6-9-18(15-20)16-26-22(24-4-2)25-13-12-17-8-5-10-19(23)14-17/h5-6,8-11,14-15H,3-4,7,12-13,16H2,1-2H3,(H,27,28)(H2,24,25,26). The van der Waals surface area contributed by atoms with Crippen LogP contribution in [0.15, 0.2) is 53.5 Å². The van der Waals surface area contributed by atoms with Crippen LogP contribution in [0.3, 0.4) is 0 Å². The minimum absolute atomic E-state index is 0.0236. The zero-order valence-corrected chi connectivity index (χ0v) is 16.6. The molecule has 0 spiro atoms. The number of anilines is 1. The summed E-state index contributed by atoms with van der Waals surface area (Å²) in [6, 6.07) is 14.3. The van der Waals surface area contributed by atoms with Crippen LogP contribution < -0.4 is 16.0 Å². The van der Waals surface area contributed by atoms with Crippen molar-refractivity contribution in [3.05, 3.63) is 65.5 Å².